The molecule has 0 radical (unpaired) electrons. The molecular weight excluding hydrogens is 607 g/mol. The molecule has 236 valence electrons. The van der Waals surface area contributed by atoms with Gasteiger partial charge in [0.05, 0.1) is 4.92 Å². The number of carbonyl (C=O) groups is 2. The second-order valence-electron chi connectivity index (χ2n) is 10.9. The van der Waals surface area contributed by atoms with E-state index in [2.05, 4.69) is 29.4 Å². The zero-order chi connectivity index (χ0) is 32.4. The Morgan fingerprint density at radius 2 is 1.68 bits per heavy atom. The summed E-state index contributed by atoms with van der Waals surface area (Å²) in [5.41, 5.74) is 1.30. The molecule has 0 aromatic heterocycles. The van der Waals surface area contributed by atoms with E-state index in [1.165, 1.54) is 12.1 Å². The van der Waals surface area contributed by atoms with Crippen molar-refractivity contribution in [3.05, 3.63) is 97.5 Å². The van der Waals surface area contributed by atoms with Gasteiger partial charge < -0.3 is 25.4 Å². The van der Waals surface area contributed by atoms with Crippen molar-refractivity contribution >= 4 is 46.5 Å². The Morgan fingerprint density at radius 1 is 1.02 bits per heavy atom. The zero-order valence-electron chi connectivity index (χ0n) is 25.2. The summed E-state index contributed by atoms with van der Waals surface area (Å²) in [6.45, 7) is 9.74. The fraction of sp³-hybridized carbons (Fsp3) is 0.375. The maximum atomic E-state index is 13.3. The highest BCUT2D eigenvalue weighted by atomic mass is 35.5. The molecule has 1 unspecified atom stereocenters. The summed E-state index contributed by atoms with van der Waals surface area (Å²) >= 11 is 12.4. The van der Waals surface area contributed by atoms with E-state index < -0.39 is 28.5 Å². The predicted octanol–water partition coefficient (Wildman–Crippen LogP) is 6.51. The lowest BCUT2D eigenvalue weighted by Crippen LogP contribution is -2.42. The van der Waals surface area contributed by atoms with Crippen LogP contribution in [0.1, 0.15) is 55.6 Å². The lowest BCUT2D eigenvalue weighted by molar-refractivity contribution is -0.385. The highest BCUT2D eigenvalue weighted by Crippen LogP contribution is 2.28. The second kappa shape index (κ2) is 16.3. The second-order valence-corrected chi connectivity index (χ2v) is 11.7. The SMILES string of the molecule is CC(C)NCCCN(c1ccc([N+](=O)[O-])c(C(=O)NC(Cc2ccc(OCc3c(Cl)cccc3Cl)cc2)C(=O)O)c1)C(C)C. The van der Waals surface area contributed by atoms with E-state index in [1.54, 1.807) is 48.5 Å². The molecule has 0 aliphatic heterocycles. The standard InChI is InChI=1S/C32H38Cl2N4O6/c1-20(2)35-15-6-16-37(21(3)4)23-11-14-30(38(42)43)25(18-23)31(39)36-29(32(40)41)17-22-9-12-24(13-10-22)44-19-26-27(33)7-5-8-28(26)34/h5,7-14,18,20-21,29,35H,6,15-17,19H2,1-4H3,(H,36,39)(H,40,41). The quantitative estimate of drug-likeness (QED) is 0.0913. The number of rotatable bonds is 16. The van der Waals surface area contributed by atoms with Gasteiger partial charge in [0.15, 0.2) is 0 Å². The number of ether oxygens (including phenoxy) is 1. The van der Waals surface area contributed by atoms with Crippen LogP contribution in [0.5, 0.6) is 5.75 Å². The number of nitro groups is 1. The number of halogens is 2. The highest BCUT2D eigenvalue weighted by Gasteiger charge is 2.27. The fourth-order valence-electron chi connectivity index (χ4n) is 4.59. The van der Waals surface area contributed by atoms with Crippen LogP contribution in [0.15, 0.2) is 60.7 Å². The lowest BCUT2D eigenvalue weighted by Gasteiger charge is -2.29. The van der Waals surface area contributed by atoms with Crippen LogP contribution in [0.2, 0.25) is 10.0 Å². The van der Waals surface area contributed by atoms with Crippen molar-refractivity contribution in [2.24, 2.45) is 0 Å². The predicted molar refractivity (Wildman–Crippen MR) is 173 cm³/mol. The Balaban J connectivity index is 1.74. The van der Waals surface area contributed by atoms with Crippen LogP contribution in [0.3, 0.4) is 0 Å². The maximum Gasteiger partial charge on any atom is 0.326 e. The molecule has 44 heavy (non-hydrogen) atoms. The molecule has 3 rings (SSSR count). The highest BCUT2D eigenvalue weighted by molar-refractivity contribution is 6.35. The van der Waals surface area contributed by atoms with Crippen LogP contribution in [0, 0.1) is 10.1 Å². The summed E-state index contributed by atoms with van der Waals surface area (Å²) in [4.78, 5) is 38.7. The largest absolute Gasteiger partial charge is 0.489 e. The molecule has 12 heteroatoms. The number of nitro benzene ring substituents is 1. The molecule has 3 aromatic carbocycles. The van der Waals surface area contributed by atoms with Crippen molar-refractivity contribution < 1.29 is 24.4 Å². The number of benzene rings is 3. The average molecular weight is 646 g/mol. The Bertz CT molecular complexity index is 1430. The summed E-state index contributed by atoms with van der Waals surface area (Å²) in [5.74, 6) is -1.59. The lowest BCUT2D eigenvalue weighted by atomic mass is 10.0. The van der Waals surface area contributed by atoms with Crippen molar-refractivity contribution in [3.63, 3.8) is 0 Å². The Kier molecular flexibility index (Phi) is 12.8. The van der Waals surface area contributed by atoms with E-state index >= 15 is 0 Å². The van der Waals surface area contributed by atoms with Crippen molar-refractivity contribution in [2.75, 3.05) is 18.0 Å². The number of nitrogens with zero attached hydrogens (tertiary/aromatic N) is 2. The molecule has 0 bridgehead atoms. The molecule has 3 N–H and O–H groups in total. The number of amides is 1. The smallest absolute Gasteiger partial charge is 0.326 e. The van der Waals surface area contributed by atoms with Crippen LogP contribution >= 0.6 is 23.2 Å². The third-order valence-electron chi connectivity index (χ3n) is 6.92. The molecule has 0 aliphatic rings. The Hall–Kier alpha value is -3.86. The van der Waals surface area contributed by atoms with E-state index in [9.17, 15) is 24.8 Å². The van der Waals surface area contributed by atoms with Gasteiger partial charge in [-0.25, -0.2) is 4.79 Å². The van der Waals surface area contributed by atoms with Crippen LogP contribution in [-0.2, 0) is 17.8 Å². The van der Waals surface area contributed by atoms with E-state index in [0.717, 1.165) is 13.0 Å². The number of aliphatic carboxylic acids is 1. The molecular formula is C32H38Cl2N4O6. The van der Waals surface area contributed by atoms with Crippen molar-refractivity contribution in [2.45, 2.75) is 65.3 Å². The Morgan fingerprint density at radius 3 is 2.25 bits per heavy atom. The van der Waals surface area contributed by atoms with Gasteiger partial charge in [0.2, 0.25) is 0 Å². The van der Waals surface area contributed by atoms with Gasteiger partial charge in [0.25, 0.3) is 11.6 Å². The van der Waals surface area contributed by atoms with Gasteiger partial charge in [0, 0.05) is 52.4 Å². The Labute approximate surface area is 267 Å². The van der Waals surface area contributed by atoms with Gasteiger partial charge in [0.1, 0.15) is 24.0 Å². The molecule has 0 heterocycles. The molecule has 0 saturated carbocycles. The average Bonchev–Trinajstić information content (AvgIpc) is 2.96. The van der Waals surface area contributed by atoms with E-state index in [1.807, 2.05) is 13.8 Å². The molecule has 0 fully saturated rings. The number of carboxylic acid groups (broad SMARTS) is 1. The number of carboxylic acids is 1. The topological polar surface area (TPSA) is 134 Å². The fourth-order valence-corrected chi connectivity index (χ4v) is 5.10. The third kappa shape index (κ3) is 9.83. The van der Waals surface area contributed by atoms with Crippen molar-refractivity contribution in [3.8, 4) is 5.75 Å². The zero-order valence-corrected chi connectivity index (χ0v) is 26.7. The first-order chi connectivity index (χ1) is 20.9. The molecule has 3 aromatic rings. The van der Waals surface area contributed by atoms with Crippen LogP contribution in [0.25, 0.3) is 0 Å². The first-order valence-corrected chi connectivity index (χ1v) is 15.1. The van der Waals surface area contributed by atoms with Crippen molar-refractivity contribution in [1.82, 2.24) is 10.6 Å². The first kappa shape index (κ1) is 34.6. The summed E-state index contributed by atoms with van der Waals surface area (Å²) in [6.07, 6.45) is 0.777. The van der Waals surface area contributed by atoms with Gasteiger partial charge in [-0.2, -0.15) is 0 Å². The number of hydrogen-bond donors (Lipinski definition) is 3. The van der Waals surface area contributed by atoms with Crippen molar-refractivity contribution in [1.29, 1.82) is 0 Å². The van der Waals surface area contributed by atoms with E-state index in [0.29, 0.717) is 45.2 Å². The van der Waals surface area contributed by atoms with Gasteiger partial charge in [-0.3, -0.25) is 14.9 Å². The van der Waals surface area contributed by atoms with E-state index in [-0.39, 0.29) is 24.6 Å². The third-order valence-corrected chi connectivity index (χ3v) is 7.62. The summed E-state index contributed by atoms with van der Waals surface area (Å²) in [5, 5.41) is 28.5. The number of hydrogen-bond acceptors (Lipinski definition) is 7. The minimum atomic E-state index is -1.33. The van der Waals surface area contributed by atoms with Gasteiger partial charge in [-0.1, -0.05) is 55.2 Å². The summed E-state index contributed by atoms with van der Waals surface area (Å²) in [6, 6.07) is 15.3. The monoisotopic (exact) mass is 644 g/mol. The normalized spacial score (nSPS) is 11.8. The molecule has 0 spiro atoms. The first-order valence-electron chi connectivity index (χ1n) is 14.3. The van der Waals surface area contributed by atoms with E-state index in [4.69, 9.17) is 27.9 Å². The molecule has 10 nitrogen and oxygen atoms in total. The van der Waals surface area contributed by atoms with Gasteiger partial charge in [-0.15, -0.1) is 0 Å². The van der Waals surface area contributed by atoms with Crippen LogP contribution in [0.4, 0.5) is 11.4 Å². The van der Waals surface area contributed by atoms with Gasteiger partial charge >= 0.3 is 5.97 Å². The molecule has 1 atom stereocenters. The summed E-state index contributed by atoms with van der Waals surface area (Å²) < 4.78 is 5.78. The number of nitrogens with one attached hydrogen (secondary N) is 2. The molecule has 1 amide bonds. The van der Waals surface area contributed by atoms with Crippen LogP contribution in [-0.4, -0.2) is 53.1 Å². The maximum absolute atomic E-state index is 13.3. The number of anilines is 1. The van der Waals surface area contributed by atoms with Crippen LogP contribution < -0.4 is 20.3 Å². The minimum absolute atomic E-state index is 0.0495. The van der Waals surface area contributed by atoms with Gasteiger partial charge in [-0.05, 0) is 68.8 Å². The minimum Gasteiger partial charge on any atom is -0.489 e. The summed E-state index contributed by atoms with van der Waals surface area (Å²) in [7, 11) is 0. The molecule has 0 aliphatic carbocycles. The molecule has 0 saturated heterocycles. The number of carbonyl (C=O) groups excluding carboxylic acids is 1.